The van der Waals surface area contributed by atoms with Crippen molar-refractivity contribution in [3.8, 4) is 0 Å². The molecule has 0 radical (unpaired) electrons. The molecule has 70 valence electrons. The molecule has 0 aromatic rings. The molecule has 2 atom stereocenters. The molecule has 1 saturated heterocycles. The first-order valence-corrected chi connectivity index (χ1v) is 4.27. The third-order valence-corrected chi connectivity index (χ3v) is 2.02. The molecule has 1 fully saturated rings. The lowest BCUT2D eigenvalue weighted by molar-refractivity contribution is -0.151. The Labute approximate surface area is 71.3 Å². The lowest BCUT2D eigenvalue weighted by atomic mass is 10.0. The van der Waals surface area contributed by atoms with Crippen molar-refractivity contribution in [3.63, 3.8) is 0 Å². The average Bonchev–Trinajstić information content (AvgIpc) is 2.55. The van der Waals surface area contributed by atoms with Crippen molar-refractivity contribution in [2.45, 2.75) is 19.5 Å². The molecule has 0 aromatic carbocycles. The fraction of sp³-hybridized carbons (Fsp3) is 0.875. The third kappa shape index (κ3) is 2.17. The van der Waals surface area contributed by atoms with Crippen LogP contribution in [0, 0.1) is 5.92 Å². The Balaban J connectivity index is 2.34. The fourth-order valence-corrected chi connectivity index (χ4v) is 1.34. The van der Waals surface area contributed by atoms with Gasteiger partial charge in [0.05, 0.1) is 6.61 Å². The van der Waals surface area contributed by atoms with Crippen LogP contribution in [0.15, 0.2) is 0 Å². The van der Waals surface area contributed by atoms with Crippen LogP contribution >= 0.6 is 0 Å². The first kappa shape index (κ1) is 9.45. The molecule has 1 heterocycles. The number of alkyl halides is 1. The average molecular weight is 175 g/mol. The number of hydrogen-bond donors (Lipinski definition) is 1. The van der Waals surface area contributed by atoms with E-state index in [0.717, 1.165) is 13.0 Å². The first-order chi connectivity index (χ1) is 5.75. The summed E-state index contributed by atoms with van der Waals surface area (Å²) in [4.78, 5) is 10.9. The van der Waals surface area contributed by atoms with E-state index in [9.17, 15) is 9.18 Å². The van der Waals surface area contributed by atoms with Crippen LogP contribution in [0.25, 0.3) is 0 Å². The molecule has 0 aromatic heterocycles. The highest BCUT2D eigenvalue weighted by molar-refractivity contribution is 5.74. The van der Waals surface area contributed by atoms with Crippen molar-refractivity contribution in [2.24, 2.45) is 5.92 Å². The number of carbonyl (C=O) groups is 1. The van der Waals surface area contributed by atoms with Gasteiger partial charge in [-0.2, -0.15) is 0 Å². The summed E-state index contributed by atoms with van der Waals surface area (Å²) in [6, 6.07) is 0. The summed E-state index contributed by atoms with van der Waals surface area (Å²) < 4.78 is 17.7. The molecule has 0 unspecified atom stereocenters. The highest BCUT2D eigenvalue weighted by Gasteiger charge is 2.31. The highest BCUT2D eigenvalue weighted by Crippen LogP contribution is 2.16. The number of hydrogen-bond acceptors (Lipinski definition) is 3. The summed E-state index contributed by atoms with van der Waals surface area (Å²) in [6.45, 7) is 3.31. The van der Waals surface area contributed by atoms with Gasteiger partial charge in [-0.15, -0.1) is 0 Å². The van der Waals surface area contributed by atoms with E-state index in [1.807, 2.05) is 0 Å². The van der Waals surface area contributed by atoms with E-state index in [-0.39, 0.29) is 12.5 Å². The Morgan fingerprint density at radius 3 is 3.08 bits per heavy atom. The van der Waals surface area contributed by atoms with E-state index in [4.69, 9.17) is 0 Å². The van der Waals surface area contributed by atoms with Crippen LogP contribution in [0.4, 0.5) is 4.39 Å². The second-order valence-corrected chi connectivity index (χ2v) is 2.91. The summed E-state index contributed by atoms with van der Waals surface area (Å²) in [5, 5.41) is 3.00. The fourth-order valence-electron chi connectivity index (χ4n) is 1.34. The van der Waals surface area contributed by atoms with Gasteiger partial charge in [0.2, 0.25) is 6.17 Å². The predicted octanol–water partition coefficient (Wildman–Crippen LogP) is 0.497. The minimum atomic E-state index is -1.44. The van der Waals surface area contributed by atoms with Crippen molar-refractivity contribution in [1.29, 1.82) is 0 Å². The number of esters is 1. The van der Waals surface area contributed by atoms with E-state index in [1.165, 1.54) is 0 Å². The molecule has 3 nitrogen and oxygen atoms in total. The van der Waals surface area contributed by atoms with Crippen LogP contribution in [0.1, 0.15) is 13.3 Å². The standard InChI is InChI=1S/C8H14FNO2/c1-2-12-8(11)7(9)6-3-4-10-5-6/h6-7,10H,2-5H2,1H3/t6-,7-/m0/s1. The van der Waals surface area contributed by atoms with Crippen LogP contribution in [-0.2, 0) is 9.53 Å². The van der Waals surface area contributed by atoms with E-state index in [2.05, 4.69) is 10.1 Å². The zero-order valence-corrected chi connectivity index (χ0v) is 7.18. The smallest absolute Gasteiger partial charge is 0.341 e. The Morgan fingerprint density at radius 1 is 1.83 bits per heavy atom. The lowest BCUT2D eigenvalue weighted by Crippen LogP contribution is -2.28. The van der Waals surface area contributed by atoms with Crippen molar-refractivity contribution in [2.75, 3.05) is 19.7 Å². The monoisotopic (exact) mass is 175 g/mol. The molecule has 4 heteroatoms. The van der Waals surface area contributed by atoms with Gasteiger partial charge in [-0.3, -0.25) is 0 Å². The molecule has 0 spiro atoms. The maximum atomic E-state index is 13.2. The number of halogens is 1. The van der Waals surface area contributed by atoms with E-state index in [1.54, 1.807) is 6.92 Å². The molecule has 0 aliphatic carbocycles. The van der Waals surface area contributed by atoms with E-state index in [0.29, 0.717) is 6.54 Å². The zero-order chi connectivity index (χ0) is 8.97. The maximum Gasteiger partial charge on any atom is 0.341 e. The van der Waals surface area contributed by atoms with Gasteiger partial charge in [-0.05, 0) is 19.9 Å². The van der Waals surface area contributed by atoms with Crippen molar-refractivity contribution in [3.05, 3.63) is 0 Å². The Hall–Kier alpha value is -0.640. The summed E-state index contributed by atoms with van der Waals surface area (Å²) in [5.74, 6) is -0.907. The van der Waals surface area contributed by atoms with Crippen LogP contribution < -0.4 is 5.32 Å². The van der Waals surface area contributed by atoms with Gasteiger partial charge in [-0.25, -0.2) is 9.18 Å². The molecule has 1 aliphatic rings. The van der Waals surface area contributed by atoms with Crippen LogP contribution in [0.2, 0.25) is 0 Å². The minimum Gasteiger partial charge on any atom is -0.464 e. The molecule has 0 bridgehead atoms. The molecular formula is C8H14FNO2. The first-order valence-electron chi connectivity index (χ1n) is 4.27. The quantitative estimate of drug-likeness (QED) is 0.635. The SMILES string of the molecule is CCOC(=O)[C@@H](F)[C@H]1CCNC1. The Morgan fingerprint density at radius 2 is 2.58 bits per heavy atom. The topological polar surface area (TPSA) is 38.3 Å². The molecular weight excluding hydrogens is 161 g/mol. The number of rotatable bonds is 3. The van der Waals surface area contributed by atoms with Gasteiger partial charge < -0.3 is 10.1 Å². The largest absolute Gasteiger partial charge is 0.464 e. The number of nitrogens with one attached hydrogen (secondary N) is 1. The van der Waals surface area contributed by atoms with Crippen molar-refractivity contribution >= 4 is 5.97 Å². The maximum absolute atomic E-state index is 13.2. The molecule has 12 heavy (non-hydrogen) atoms. The second kappa shape index (κ2) is 4.40. The Bertz CT molecular complexity index is 157. The predicted molar refractivity (Wildman–Crippen MR) is 42.5 cm³/mol. The minimum absolute atomic E-state index is 0.191. The van der Waals surface area contributed by atoms with Gasteiger partial charge in [0, 0.05) is 12.5 Å². The van der Waals surface area contributed by atoms with E-state index >= 15 is 0 Å². The van der Waals surface area contributed by atoms with Gasteiger partial charge in [-0.1, -0.05) is 0 Å². The Kier molecular flexibility index (Phi) is 3.47. The van der Waals surface area contributed by atoms with Gasteiger partial charge in [0.25, 0.3) is 0 Å². The summed E-state index contributed by atoms with van der Waals surface area (Å²) >= 11 is 0. The molecule has 1 rings (SSSR count). The zero-order valence-electron chi connectivity index (χ0n) is 7.18. The summed E-state index contributed by atoms with van der Waals surface area (Å²) in [7, 11) is 0. The van der Waals surface area contributed by atoms with Gasteiger partial charge in [0.15, 0.2) is 0 Å². The van der Waals surface area contributed by atoms with Crippen LogP contribution in [-0.4, -0.2) is 31.8 Å². The molecule has 0 amide bonds. The third-order valence-electron chi connectivity index (χ3n) is 2.02. The lowest BCUT2D eigenvalue weighted by Gasteiger charge is -2.12. The van der Waals surface area contributed by atoms with E-state index < -0.39 is 12.1 Å². The van der Waals surface area contributed by atoms with Gasteiger partial charge in [0.1, 0.15) is 0 Å². The second-order valence-electron chi connectivity index (χ2n) is 2.91. The van der Waals surface area contributed by atoms with Crippen LogP contribution in [0.5, 0.6) is 0 Å². The normalized spacial score (nSPS) is 25.3. The number of ether oxygens (including phenoxy) is 1. The summed E-state index contributed by atoms with van der Waals surface area (Å²) in [6.07, 6.45) is -0.722. The van der Waals surface area contributed by atoms with Gasteiger partial charge >= 0.3 is 5.97 Å². The molecule has 1 aliphatic heterocycles. The molecule has 1 N–H and O–H groups in total. The van der Waals surface area contributed by atoms with Crippen LogP contribution in [0.3, 0.4) is 0 Å². The summed E-state index contributed by atoms with van der Waals surface area (Å²) in [5.41, 5.74) is 0. The number of carbonyl (C=O) groups excluding carboxylic acids is 1. The highest BCUT2D eigenvalue weighted by atomic mass is 19.1. The van der Waals surface area contributed by atoms with Crippen molar-refractivity contribution < 1.29 is 13.9 Å². The molecule has 0 saturated carbocycles. The van der Waals surface area contributed by atoms with Crippen molar-refractivity contribution in [1.82, 2.24) is 5.32 Å².